The Morgan fingerprint density at radius 2 is 1.94 bits per heavy atom. The van der Waals surface area contributed by atoms with Crippen molar-refractivity contribution in [2.75, 3.05) is 23.4 Å². The van der Waals surface area contributed by atoms with Gasteiger partial charge in [0.1, 0.15) is 5.75 Å². The Morgan fingerprint density at radius 3 is 2.65 bits per heavy atom. The maximum atomic E-state index is 12.5. The van der Waals surface area contributed by atoms with Gasteiger partial charge in [0.25, 0.3) is 0 Å². The largest absolute Gasteiger partial charge is 0.494 e. The first-order valence-electron chi connectivity index (χ1n) is 9.92. The van der Waals surface area contributed by atoms with E-state index >= 15 is 0 Å². The monoisotopic (exact) mass is 440 g/mol. The lowest BCUT2D eigenvalue weighted by atomic mass is 10.1. The second-order valence-corrected chi connectivity index (χ2v) is 7.57. The smallest absolute Gasteiger partial charge is 0.322 e. The van der Waals surface area contributed by atoms with Crippen LogP contribution in [0.25, 0.3) is 0 Å². The fourth-order valence-corrected chi connectivity index (χ4v) is 3.54. The minimum Gasteiger partial charge on any atom is -0.494 e. The maximum absolute atomic E-state index is 12.5. The van der Waals surface area contributed by atoms with E-state index in [4.69, 9.17) is 20.8 Å². The normalized spacial score (nSPS) is 15.9. The van der Waals surface area contributed by atoms with Gasteiger partial charge in [-0.1, -0.05) is 28.8 Å². The summed E-state index contributed by atoms with van der Waals surface area (Å²) in [6.07, 6.45) is 0.413. The van der Waals surface area contributed by atoms with E-state index in [1.165, 1.54) is 0 Å². The van der Waals surface area contributed by atoms with Crippen molar-refractivity contribution in [2.45, 2.75) is 25.7 Å². The molecule has 0 radical (unpaired) electrons. The van der Waals surface area contributed by atoms with Gasteiger partial charge in [-0.25, -0.2) is 0 Å². The molecule has 3 aromatic rings. The third kappa shape index (κ3) is 5.03. The number of nitrogens with one attached hydrogen (secondary N) is 1. The molecule has 1 aromatic heterocycles. The predicted octanol–water partition coefficient (Wildman–Crippen LogP) is 3.82. The summed E-state index contributed by atoms with van der Waals surface area (Å²) in [5, 5.41) is 11.1. The van der Waals surface area contributed by atoms with Crippen LogP contribution in [0.2, 0.25) is 5.02 Å². The van der Waals surface area contributed by atoms with Gasteiger partial charge in [0.05, 0.1) is 18.9 Å². The summed E-state index contributed by atoms with van der Waals surface area (Å²) < 4.78 is 11.0. The van der Waals surface area contributed by atoms with E-state index in [1.54, 1.807) is 29.2 Å². The minimum absolute atomic E-state index is 0.0147. The number of ether oxygens (including phenoxy) is 1. The standard InChI is InChI=1S/C22H21ClN4O4/c1-2-30-18-9-7-17(8-10-18)27-13-15(12-20(27)29)21-25-26-22(31-21)24-19(28)11-14-3-5-16(23)6-4-14/h3-10,15H,2,11-13H2,1H3,(H,24,26,28)/t15-/m1/s1. The average Bonchev–Trinajstić information content (AvgIpc) is 3.37. The number of aromatic nitrogens is 2. The zero-order chi connectivity index (χ0) is 21.8. The molecule has 2 amide bonds. The van der Waals surface area contributed by atoms with E-state index < -0.39 is 0 Å². The molecular weight excluding hydrogens is 420 g/mol. The summed E-state index contributed by atoms with van der Waals surface area (Å²) in [7, 11) is 0. The molecule has 31 heavy (non-hydrogen) atoms. The topological polar surface area (TPSA) is 97.6 Å². The Morgan fingerprint density at radius 1 is 1.19 bits per heavy atom. The molecule has 1 atom stereocenters. The molecule has 2 aromatic carbocycles. The van der Waals surface area contributed by atoms with Gasteiger partial charge in [-0.15, -0.1) is 5.10 Å². The Balaban J connectivity index is 1.37. The molecule has 1 aliphatic rings. The van der Waals surface area contributed by atoms with Gasteiger partial charge in [-0.3, -0.25) is 14.9 Å². The van der Waals surface area contributed by atoms with Crippen LogP contribution in [0.3, 0.4) is 0 Å². The number of benzene rings is 2. The fourth-order valence-electron chi connectivity index (χ4n) is 3.41. The fraction of sp³-hybridized carbons (Fsp3) is 0.273. The van der Waals surface area contributed by atoms with Gasteiger partial charge in [-0.2, -0.15) is 0 Å². The van der Waals surface area contributed by atoms with Crippen LogP contribution in [0.4, 0.5) is 11.7 Å². The number of hydrogen-bond acceptors (Lipinski definition) is 6. The molecule has 0 spiro atoms. The first-order chi connectivity index (χ1) is 15.0. The van der Waals surface area contributed by atoms with Crippen LogP contribution in [-0.2, 0) is 16.0 Å². The molecule has 1 N–H and O–H groups in total. The van der Waals surface area contributed by atoms with E-state index in [1.807, 2.05) is 31.2 Å². The number of carbonyl (C=O) groups excluding carboxylic acids is 2. The molecule has 9 heteroatoms. The number of carbonyl (C=O) groups is 2. The van der Waals surface area contributed by atoms with Crippen molar-refractivity contribution in [1.29, 1.82) is 0 Å². The van der Waals surface area contributed by atoms with Gasteiger partial charge < -0.3 is 14.1 Å². The quantitative estimate of drug-likeness (QED) is 0.599. The molecule has 0 saturated carbocycles. The number of anilines is 2. The summed E-state index contributed by atoms with van der Waals surface area (Å²) in [5.74, 6) is 0.527. The van der Waals surface area contributed by atoms with E-state index in [9.17, 15) is 9.59 Å². The molecule has 2 heterocycles. The highest BCUT2D eigenvalue weighted by Gasteiger charge is 2.35. The highest BCUT2D eigenvalue weighted by molar-refractivity contribution is 6.30. The number of rotatable bonds is 7. The highest BCUT2D eigenvalue weighted by atomic mass is 35.5. The highest BCUT2D eigenvalue weighted by Crippen LogP contribution is 2.32. The van der Waals surface area contributed by atoms with Gasteiger partial charge in [0.15, 0.2) is 0 Å². The summed E-state index contributed by atoms with van der Waals surface area (Å²) in [6.45, 7) is 2.92. The summed E-state index contributed by atoms with van der Waals surface area (Å²) >= 11 is 5.86. The Kier molecular flexibility index (Phi) is 6.18. The zero-order valence-electron chi connectivity index (χ0n) is 16.9. The Hall–Kier alpha value is -3.39. The molecule has 0 bridgehead atoms. The zero-order valence-corrected chi connectivity index (χ0v) is 17.6. The van der Waals surface area contributed by atoms with Crippen molar-refractivity contribution < 1.29 is 18.7 Å². The van der Waals surface area contributed by atoms with Crippen LogP contribution in [-0.4, -0.2) is 35.2 Å². The van der Waals surface area contributed by atoms with Crippen molar-refractivity contribution in [1.82, 2.24) is 10.2 Å². The van der Waals surface area contributed by atoms with Gasteiger partial charge in [-0.05, 0) is 48.9 Å². The average molecular weight is 441 g/mol. The van der Waals surface area contributed by atoms with Crippen LogP contribution in [0.5, 0.6) is 5.75 Å². The predicted molar refractivity (Wildman–Crippen MR) is 115 cm³/mol. The third-order valence-electron chi connectivity index (χ3n) is 4.90. The van der Waals surface area contributed by atoms with Crippen molar-refractivity contribution in [2.24, 2.45) is 0 Å². The van der Waals surface area contributed by atoms with E-state index in [0.717, 1.165) is 17.0 Å². The molecule has 1 saturated heterocycles. The minimum atomic E-state index is -0.281. The first kappa shape index (κ1) is 20.9. The second kappa shape index (κ2) is 9.18. The van der Waals surface area contributed by atoms with Gasteiger partial charge >= 0.3 is 6.01 Å². The van der Waals surface area contributed by atoms with Crippen LogP contribution >= 0.6 is 11.6 Å². The maximum Gasteiger partial charge on any atom is 0.322 e. The molecule has 160 valence electrons. The van der Waals surface area contributed by atoms with E-state index in [2.05, 4.69) is 15.5 Å². The van der Waals surface area contributed by atoms with Crippen LogP contribution in [0, 0.1) is 0 Å². The Bertz CT molecular complexity index is 1070. The summed E-state index contributed by atoms with van der Waals surface area (Å²) in [4.78, 5) is 26.4. The van der Waals surface area contributed by atoms with Crippen molar-refractivity contribution >= 4 is 35.1 Å². The molecule has 8 nitrogen and oxygen atoms in total. The number of amides is 2. The lowest BCUT2D eigenvalue weighted by Gasteiger charge is -2.16. The first-order valence-corrected chi connectivity index (χ1v) is 10.3. The number of nitrogens with zero attached hydrogens (tertiary/aromatic N) is 3. The molecule has 0 unspecified atom stereocenters. The molecule has 0 aliphatic carbocycles. The molecule has 1 fully saturated rings. The number of halogens is 1. The second-order valence-electron chi connectivity index (χ2n) is 7.13. The SMILES string of the molecule is CCOc1ccc(N2C[C@H](c3nnc(NC(=O)Cc4ccc(Cl)cc4)o3)CC2=O)cc1. The van der Waals surface area contributed by atoms with Crippen molar-refractivity contribution in [3.63, 3.8) is 0 Å². The van der Waals surface area contributed by atoms with Crippen molar-refractivity contribution in [3.8, 4) is 5.75 Å². The Labute approximate surface area is 184 Å². The van der Waals surface area contributed by atoms with Gasteiger partial charge in [0, 0.05) is 23.7 Å². The molecule has 1 aliphatic heterocycles. The third-order valence-corrected chi connectivity index (χ3v) is 5.15. The number of hydrogen-bond donors (Lipinski definition) is 1. The van der Waals surface area contributed by atoms with Gasteiger partial charge in [0.2, 0.25) is 17.7 Å². The summed E-state index contributed by atoms with van der Waals surface area (Å²) in [6, 6.07) is 14.4. The lowest BCUT2D eigenvalue weighted by Crippen LogP contribution is -2.24. The summed E-state index contributed by atoms with van der Waals surface area (Å²) in [5.41, 5.74) is 1.60. The lowest BCUT2D eigenvalue weighted by molar-refractivity contribution is -0.117. The molecular formula is C22H21ClN4O4. The van der Waals surface area contributed by atoms with Crippen LogP contribution in [0.15, 0.2) is 52.9 Å². The van der Waals surface area contributed by atoms with Crippen LogP contribution < -0.4 is 15.0 Å². The molecule has 4 rings (SSSR count). The van der Waals surface area contributed by atoms with E-state index in [-0.39, 0.29) is 36.6 Å². The van der Waals surface area contributed by atoms with Crippen molar-refractivity contribution in [3.05, 3.63) is 65.0 Å². The van der Waals surface area contributed by atoms with E-state index in [0.29, 0.717) is 24.1 Å². The van der Waals surface area contributed by atoms with Crippen LogP contribution in [0.1, 0.15) is 30.7 Å².